The Bertz CT molecular complexity index is 1030. The summed E-state index contributed by atoms with van der Waals surface area (Å²) in [6.07, 6.45) is -7.53. The number of aromatic nitrogens is 2. The van der Waals surface area contributed by atoms with Crippen LogP contribution in [-0.2, 0) is 25.7 Å². The zero-order chi connectivity index (χ0) is 25.7. The summed E-state index contributed by atoms with van der Waals surface area (Å²) in [5.74, 6) is 1.86. The zero-order valence-electron chi connectivity index (χ0n) is 20.4. The molecule has 11 nitrogen and oxygen atoms in total. The van der Waals surface area contributed by atoms with Gasteiger partial charge in [-0.25, -0.2) is 4.79 Å². The van der Waals surface area contributed by atoms with Crippen LogP contribution in [0.1, 0.15) is 43.6 Å². The fourth-order valence-corrected chi connectivity index (χ4v) is 3.89. The van der Waals surface area contributed by atoms with Gasteiger partial charge < -0.3 is 34.4 Å². The summed E-state index contributed by atoms with van der Waals surface area (Å²) in [7, 11) is 1.15. The highest BCUT2D eigenvalue weighted by molar-refractivity contribution is 5.51. The molecule has 192 valence electrons. The third kappa shape index (κ3) is 5.84. The number of ether oxygens (including phenoxy) is 3. The van der Waals surface area contributed by atoms with Gasteiger partial charge in [0, 0.05) is 23.7 Å². The molecule has 0 bridgehead atoms. The summed E-state index contributed by atoms with van der Waals surface area (Å²) in [6, 6.07) is 7.64. The van der Waals surface area contributed by atoms with Crippen molar-refractivity contribution in [3.8, 4) is 11.6 Å². The molecule has 0 radical (unpaired) electrons. The number of aliphatic hydroxyl groups is 3. The van der Waals surface area contributed by atoms with Crippen LogP contribution in [0.4, 0.5) is 0 Å². The van der Waals surface area contributed by atoms with Gasteiger partial charge in [0.1, 0.15) is 24.1 Å². The molecule has 0 amide bonds. The summed E-state index contributed by atoms with van der Waals surface area (Å²) in [5.41, 5.74) is 2.57. The number of hydrogen-bond donors (Lipinski definition) is 3. The van der Waals surface area contributed by atoms with Crippen molar-refractivity contribution < 1.29 is 44.1 Å². The number of benzene rings is 1. The molecule has 0 saturated carbocycles. The van der Waals surface area contributed by atoms with Crippen LogP contribution >= 0.6 is 0 Å². The zero-order valence-corrected chi connectivity index (χ0v) is 20.4. The predicted octanol–water partition coefficient (Wildman–Crippen LogP) is 1.24. The molecule has 1 fully saturated rings. The topological polar surface area (TPSA) is 142 Å². The largest absolute Gasteiger partial charge is 0.494 e. The molecule has 2 aromatic rings. The Morgan fingerprint density at radius 2 is 1.86 bits per heavy atom. The number of carbonyl (C=O) groups excluding carboxylic acids is 1. The van der Waals surface area contributed by atoms with Gasteiger partial charge in [-0.1, -0.05) is 12.1 Å². The Morgan fingerprint density at radius 3 is 2.43 bits per heavy atom. The first-order valence-electron chi connectivity index (χ1n) is 11.3. The Balaban J connectivity index is 1.91. The molecule has 3 N–H and O–H groups in total. The SMILES string of the molecule is CCOc1ccc(Cc2c(O[C@@H]3O[C@H](C(=C=O)OOC)[C@@H](O)[C@H](O)[C@H]3O)nn(C(C)C)c2C)cc1. The van der Waals surface area contributed by atoms with Gasteiger partial charge in [0.05, 0.1) is 13.7 Å². The van der Waals surface area contributed by atoms with Gasteiger partial charge in [-0.3, -0.25) is 4.68 Å². The summed E-state index contributed by atoms with van der Waals surface area (Å²) in [6.45, 7) is 8.33. The molecule has 35 heavy (non-hydrogen) atoms. The number of hydrogen-bond acceptors (Lipinski definition) is 10. The lowest BCUT2D eigenvalue weighted by Gasteiger charge is -2.39. The van der Waals surface area contributed by atoms with E-state index in [0.29, 0.717) is 13.0 Å². The van der Waals surface area contributed by atoms with Crippen LogP contribution in [0.15, 0.2) is 30.0 Å². The first kappa shape index (κ1) is 26.7. The smallest absolute Gasteiger partial charge is 0.256 e. The van der Waals surface area contributed by atoms with E-state index in [4.69, 9.17) is 19.1 Å². The van der Waals surface area contributed by atoms with Crippen molar-refractivity contribution in [1.29, 1.82) is 0 Å². The molecular weight excluding hydrogens is 460 g/mol. The Labute approximate surface area is 203 Å². The van der Waals surface area contributed by atoms with E-state index < -0.39 is 36.5 Å². The second kappa shape index (κ2) is 11.7. The van der Waals surface area contributed by atoms with E-state index >= 15 is 0 Å². The molecule has 0 spiro atoms. The molecular formula is C24H32N2O9. The molecule has 5 atom stereocenters. The fourth-order valence-electron chi connectivity index (χ4n) is 3.89. The molecule has 1 aliphatic rings. The van der Waals surface area contributed by atoms with E-state index in [9.17, 15) is 20.1 Å². The highest BCUT2D eigenvalue weighted by Gasteiger charge is 2.48. The van der Waals surface area contributed by atoms with Gasteiger partial charge in [-0.05, 0) is 45.4 Å². The lowest BCUT2D eigenvalue weighted by Crippen LogP contribution is -2.59. The second-order valence-electron chi connectivity index (χ2n) is 8.39. The van der Waals surface area contributed by atoms with E-state index in [0.717, 1.165) is 29.7 Å². The van der Waals surface area contributed by atoms with E-state index in [1.807, 2.05) is 52.0 Å². The van der Waals surface area contributed by atoms with Crippen molar-refractivity contribution in [3.63, 3.8) is 0 Å². The van der Waals surface area contributed by atoms with E-state index in [1.54, 1.807) is 4.68 Å². The molecule has 2 heterocycles. The van der Waals surface area contributed by atoms with Gasteiger partial charge in [-0.2, -0.15) is 4.89 Å². The lowest BCUT2D eigenvalue weighted by molar-refractivity contribution is -0.300. The van der Waals surface area contributed by atoms with Crippen molar-refractivity contribution >= 4 is 5.94 Å². The van der Waals surface area contributed by atoms with Crippen molar-refractivity contribution in [2.45, 2.75) is 70.9 Å². The summed E-state index contributed by atoms with van der Waals surface area (Å²) >= 11 is 0. The summed E-state index contributed by atoms with van der Waals surface area (Å²) in [5, 5.41) is 35.7. The van der Waals surface area contributed by atoms with Gasteiger partial charge in [0.25, 0.3) is 5.76 Å². The predicted molar refractivity (Wildman–Crippen MR) is 122 cm³/mol. The first-order chi connectivity index (χ1) is 16.7. The van der Waals surface area contributed by atoms with Gasteiger partial charge in [0.15, 0.2) is 12.0 Å². The van der Waals surface area contributed by atoms with Crippen LogP contribution in [0, 0.1) is 6.92 Å². The van der Waals surface area contributed by atoms with Gasteiger partial charge in [-0.15, -0.1) is 5.10 Å². The van der Waals surface area contributed by atoms with Crippen LogP contribution in [0.2, 0.25) is 0 Å². The van der Waals surface area contributed by atoms with Crippen molar-refractivity contribution in [3.05, 3.63) is 46.8 Å². The minimum atomic E-state index is -1.70. The molecule has 3 rings (SSSR count). The number of aliphatic hydroxyl groups excluding tert-OH is 3. The van der Waals surface area contributed by atoms with Crippen LogP contribution in [0.5, 0.6) is 11.6 Å². The molecule has 1 aromatic heterocycles. The molecule has 11 heteroatoms. The lowest BCUT2D eigenvalue weighted by atomic mass is 9.98. The van der Waals surface area contributed by atoms with Crippen LogP contribution < -0.4 is 9.47 Å². The summed E-state index contributed by atoms with van der Waals surface area (Å²) < 4.78 is 18.8. The average molecular weight is 493 g/mol. The van der Waals surface area contributed by atoms with Crippen LogP contribution in [0.3, 0.4) is 0 Å². The van der Waals surface area contributed by atoms with Crippen molar-refractivity contribution in [1.82, 2.24) is 9.78 Å². The van der Waals surface area contributed by atoms with E-state index in [1.165, 1.54) is 5.94 Å². The minimum absolute atomic E-state index is 0.0171. The quantitative estimate of drug-likeness (QED) is 0.192. The number of nitrogens with zero attached hydrogens (tertiary/aromatic N) is 2. The average Bonchev–Trinajstić information content (AvgIpc) is 3.14. The van der Waals surface area contributed by atoms with Gasteiger partial charge >= 0.3 is 0 Å². The van der Waals surface area contributed by atoms with Crippen LogP contribution in [0.25, 0.3) is 0 Å². The molecule has 1 aromatic carbocycles. The molecule has 1 aliphatic heterocycles. The third-order valence-electron chi connectivity index (χ3n) is 5.67. The fraction of sp³-hybridized carbons (Fsp3) is 0.542. The maximum atomic E-state index is 11.3. The Kier molecular flexibility index (Phi) is 8.90. The molecule has 1 saturated heterocycles. The highest BCUT2D eigenvalue weighted by atomic mass is 17.2. The third-order valence-corrected chi connectivity index (χ3v) is 5.67. The van der Waals surface area contributed by atoms with E-state index in [2.05, 4.69) is 9.99 Å². The number of rotatable bonds is 10. The monoisotopic (exact) mass is 492 g/mol. The minimum Gasteiger partial charge on any atom is -0.494 e. The van der Waals surface area contributed by atoms with Crippen molar-refractivity contribution in [2.24, 2.45) is 0 Å². The standard InChI is InChI=1S/C24H32N2O9/c1-6-32-16-9-7-15(8-10-16)11-17-14(4)26(13(2)3)25-23(17)34-24-21(30)19(28)20(29)22(33-24)18(12-27)35-31-5/h7-10,13,19-22,24,28-30H,6,11H2,1-5H3/t19-,20-,21+,22+,24-/m0/s1. The van der Waals surface area contributed by atoms with Crippen molar-refractivity contribution in [2.75, 3.05) is 13.7 Å². The van der Waals surface area contributed by atoms with E-state index in [-0.39, 0.29) is 11.9 Å². The maximum absolute atomic E-state index is 11.3. The second-order valence-corrected chi connectivity index (χ2v) is 8.39. The molecule has 0 unspecified atom stereocenters. The first-order valence-corrected chi connectivity index (χ1v) is 11.3. The van der Waals surface area contributed by atoms with Gasteiger partial charge in [0.2, 0.25) is 12.2 Å². The maximum Gasteiger partial charge on any atom is 0.256 e. The van der Waals surface area contributed by atoms with Crippen LogP contribution in [-0.4, -0.2) is 75.5 Å². The Hall–Kier alpha value is -2.92. The molecule has 0 aliphatic carbocycles. The Morgan fingerprint density at radius 1 is 1.17 bits per heavy atom. The summed E-state index contributed by atoms with van der Waals surface area (Å²) in [4.78, 5) is 20.4. The highest BCUT2D eigenvalue weighted by Crippen LogP contribution is 2.32. The normalized spacial score (nSPS) is 24.2.